The Balaban J connectivity index is 2.10. The number of nitrogens with zero attached hydrogens (tertiary/aromatic N) is 1. The quantitative estimate of drug-likeness (QED) is 0.438. The van der Waals surface area contributed by atoms with Gasteiger partial charge in [0.1, 0.15) is 5.75 Å². The Morgan fingerprint density at radius 2 is 1.70 bits per heavy atom. The van der Waals surface area contributed by atoms with Gasteiger partial charge in [-0.3, -0.25) is 0 Å². The molecule has 0 saturated heterocycles. The first-order chi connectivity index (χ1) is 11.2. The van der Waals surface area contributed by atoms with Gasteiger partial charge in [0.2, 0.25) is 0 Å². The first kappa shape index (κ1) is 16.7. The Hall–Kier alpha value is -2.62. The van der Waals surface area contributed by atoms with Crippen LogP contribution in [0.15, 0.2) is 59.6 Å². The van der Waals surface area contributed by atoms with Crippen molar-refractivity contribution in [3.05, 3.63) is 60.2 Å². The van der Waals surface area contributed by atoms with Crippen LogP contribution in [0.2, 0.25) is 0 Å². The summed E-state index contributed by atoms with van der Waals surface area (Å²) in [6, 6.07) is 16.4. The Morgan fingerprint density at radius 1 is 1.00 bits per heavy atom. The first-order valence-electron chi connectivity index (χ1n) is 7.80. The van der Waals surface area contributed by atoms with E-state index in [4.69, 9.17) is 9.47 Å². The highest BCUT2D eigenvalue weighted by atomic mass is 16.5. The van der Waals surface area contributed by atoms with Crippen LogP contribution < -0.4 is 4.74 Å². The lowest BCUT2D eigenvalue weighted by Crippen LogP contribution is -2.12. The molecule has 0 N–H and O–H groups in total. The minimum atomic E-state index is -0.406. The lowest BCUT2D eigenvalue weighted by Gasteiger charge is -2.08. The zero-order valence-corrected chi connectivity index (χ0v) is 13.5. The van der Waals surface area contributed by atoms with Gasteiger partial charge in [0, 0.05) is 6.42 Å². The number of hydrogen-bond donors (Lipinski definition) is 0. The van der Waals surface area contributed by atoms with Gasteiger partial charge in [-0.25, -0.2) is 9.79 Å². The molecule has 0 fully saturated rings. The lowest BCUT2D eigenvalue weighted by atomic mass is 10.2. The van der Waals surface area contributed by atoms with Gasteiger partial charge >= 0.3 is 5.97 Å². The van der Waals surface area contributed by atoms with Gasteiger partial charge in [-0.05, 0) is 49.7 Å². The van der Waals surface area contributed by atoms with Crippen molar-refractivity contribution in [2.75, 3.05) is 6.61 Å². The van der Waals surface area contributed by atoms with Crippen molar-refractivity contribution >= 4 is 17.6 Å². The van der Waals surface area contributed by atoms with E-state index in [1.807, 2.05) is 44.2 Å². The van der Waals surface area contributed by atoms with Gasteiger partial charge in [-0.15, -0.1) is 0 Å². The molecule has 2 aromatic carbocycles. The van der Waals surface area contributed by atoms with Crippen LogP contribution in [0.5, 0.6) is 5.75 Å². The van der Waals surface area contributed by atoms with Crippen LogP contribution in [0, 0.1) is 0 Å². The van der Waals surface area contributed by atoms with Crippen molar-refractivity contribution in [3.8, 4) is 5.75 Å². The summed E-state index contributed by atoms with van der Waals surface area (Å²) < 4.78 is 10.8. The number of rotatable bonds is 6. The highest BCUT2D eigenvalue weighted by molar-refractivity contribution is 5.99. The molecular formula is C19H21NO3. The highest BCUT2D eigenvalue weighted by Gasteiger charge is 2.11. The van der Waals surface area contributed by atoms with Crippen LogP contribution in [0.25, 0.3) is 0 Å². The number of para-hydroxylation sites is 1. The summed E-state index contributed by atoms with van der Waals surface area (Å²) in [6.07, 6.45) is 1.46. The first-order valence-corrected chi connectivity index (χ1v) is 7.80. The smallest absolute Gasteiger partial charge is 0.344 e. The number of carbonyl (C=O) groups is 1. The molecule has 0 radical (unpaired) electrons. The maximum atomic E-state index is 12.2. The van der Waals surface area contributed by atoms with Gasteiger partial charge in [0.15, 0.2) is 5.90 Å². The molecule has 4 nitrogen and oxygen atoms in total. The standard InChI is InChI=1S/C19H21NO3/c1-3-8-18(20-16-9-6-5-7-10-16)23-19(21)15-11-13-17(14-12-15)22-4-2/h5-7,9-14H,3-4,8H2,1-2H3. The molecule has 0 unspecified atom stereocenters. The third-order valence-corrected chi connectivity index (χ3v) is 3.09. The molecule has 0 aliphatic rings. The summed E-state index contributed by atoms with van der Waals surface area (Å²) in [5.41, 5.74) is 1.25. The van der Waals surface area contributed by atoms with Crippen LogP contribution in [-0.2, 0) is 4.74 Å². The second kappa shape index (κ2) is 8.73. The molecule has 0 aliphatic heterocycles. The Bertz CT molecular complexity index is 648. The average Bonchev–Trinajstić information content (AvgIpc) is 2.57. The number of esters is 1. The minimum Gasteiger partial charge on any atom is -0.494 e. The van der Waals surface area contributed by atoms with E-state index in [2.05, 4.69) is 4.99 Å². The van der Waals surface area contributed by atoms with Crippen LogP contribution in [0.3, 0.4) is 0 Å². The van der Waals surface area contributed by atoms with Crippen LogP contribution in [-0.4, -0.2) is 18.5 Å². The molecule has 0 atom stereocenters. The molecule has 0 aromatic heterocycles. The van der Waals surface area contributed by atoms with Gasteiger partial charge < -0.3 is 9.47 Å². The molecule has 4 heteroatoms. The lowest BCUT2D eigenvalue weighted by molar-refractivity contribution is 0.0712. The maximum Gasteiger partial charge on any atom is 0.344 e. The van der Waals surface area contributed by atoms with Crippen molar-refractivity contribution in [2.45, 2.75) is 26.7 Å². The largest absolute Gasteiger partial charge is 0.494 e. The SMILES string of the molecule is CCCC(=Nc1ccccc1)OC(=O)c1ccc(OCC)cc1. The normalized spacial score (nSPS) is 11.1. The molecular weight excluding hydrogens is 290 g/mol. The van der Waals surface area contributed by atoms with E-state index in [1.54, 1.807) is 24.3 Å². The van der Waals surface area contributed by atoms with Crippen LogP contribution in [0.4, 0.5) is 5.69 Å². The van der Waals surface area contributed by atoms with Gasteiger partial charge in [0.05, 0.1) is 17.9 Å². The molecule has 0 saturated carbocycles. The molecule has 0 bridgehead atoms. The predicted octanol–water partition coefficient (Wildman–Crippen LogP) is 4.77. The molecule has 2 aromatic rings. The van der Waals surface area contributed by atoms with E-state index in [1.165, 1.54) is 0 Å². The average molecular weight is 311 g/mol. The number of ether oxygens (including phenoxy) is 2. The third-order valence-electron chi connectivity index (χ3n) is 3.09. The van der Waals surface area contributed by atoms with E-state index in [-0.39, 0.29) is 0 Å². The summed E-state index contributed by atoms with van der Waals surface area (Å²) in [4.78, 5) is 16.7. The monoisotopic (exact) mass is 311 g/mol. The molecule has 120 valence electrons. The zero-order valence-electron chi connectivity index (χ0n) is 13.5. The zero-order chi connectivity index (χ0) is 16.5. The molecule has 0 aliphatic carbocycles. The van der Waals surface area contributed by atoms with Crippen molar-refractivity contribution in [1.29, 1.82) is 0 Å². The number of aliphatic imine (C=N–C) groups is 1. The van der Waals surface area contributed by atoms with Crippen molar-refractivity contribution in [1.82, 2.24) is 0 Å². The van der Waals surface area contributed by atoms with Gasteiger partial charge in [-0.1, -0.05) is 25.1 Å². The fraction of sp³-hybridized carbons (Fsp3) is 0.263. The maximum absolute atomic E-state index is 12.2. The molecule has 0 spiro atoms. The van der Waals surface area contributed by atoms with Crippen molar-refractivity contribution in [3.63, 3.8) is 0 Å². The Morgan fingerprint density at radius 3 is 2.30 bits per heavy atom. The van der Waals surface area contributed by atoms with Crippen molar-refractivity contribution < 1.29 is 14.3 Å². The highest BCUT2D eigenvalue weighted by Crippen LogP contribution is 2.15. The summed E-state index contributed by atoms with van der Waals surface area (Å²) in [5.74, 6) is 0.754. The topological polar surface area (TPSA) is 47.9 Å². The van der Waals surface area contributed by atoms with E-state index in [9.17, 15) is 4.79 Å². The van der Waals surface area contributed by atoms with E-state index in [0.29, 0.717) is 24.5 Å². The molecule has 0 heterocycles. The van der Waals surface area contributed by atoms with Crippen molar-refractivity contribution in [2.24, 2.45) is 4.99 Å². The summed E-state index contributed by atoms with van der Waals surface area (Å²) in [7, 11) is 0. The van der Waals surface area contributed by atoms with Gasteiger partial charge in [0.25, 0.3) is 0 Å². The Kier molecular flexibility index (Phi) is 6.36. The summed E-state index contributed by atoms with van der Waals surface area (Å²) >= 11 is 0. The Labute approximate surface area is 136 Å². The second-order valence-corrected chi connectivity index (χ2v) is 4.94. The second-order valence-electron chi connectivity index (χ2n) is 4.94. The predicted molar refractivity (Wildman–Crippen MR) is 91.5 cm³/mol. The fourth-order valence-electron chi connectivity index (χ4n) is 2.01. The molecule has 0 amide bonds. The summed E-state index contributed by atoms with van der Waals surface area (Å²) in [5, 5.41) is 0. The van der Waals surface area contributed by atoms with E-state index >= 15 is 0 Å². The number of hydrogen-bond acceptors (Lipinski definition) is 4. The molecule has 23 heavy (non-hydrogen) atoms. The molecule has 2 rings (SSSR count). The fourth-order valence-corrected chi connectivity index (χ4v) is 2.01. The van der Waals surface area contributed by atoms with E-state index < -0.39 is 5.97 Å². The number of carbonyl (C=O) groups excluding carboxylic acids is 1. The third kappa shape index (κ3) is 5.25. The summed E-state index contributed by atoms with van der Waals surface area (Å²) in [6.45, 7) is 4.53. The van der Waals surface area contributed by atoms with E-state index in [0.717, 1.165) is 17.9 Å². The van der Waals surface area contributed by atoms with Crippen LogP contribution in [0.1, 0.15) is 37.0 Å². The minimum absolute atomic E-state index is 0.406. The van der Waals surface area contributed by atoms with Gasteiger partial charge in [-0.2, -0.15) is 0 Å². The van der Waals surface area contributed by atoms with Crippen LogP contribution >= 0.6 is 0 Å². The number of benzene rings is 2.